The molecule has 0 saturated carbocycles. The van der Waals surface area contributed by atoms with Crippen molar-refractivity contribution in [1.29, 1.82) is 5.26 Å². The van der Waals surface area contributed by atoms with Gasteiger partial charge in [0.25, 0.3) is 0 Å². The summed E-state index contributed by atoms with van der Waals surface area (Å²) in [4.78, 5) is 20.6. The molecule has 0 saturated heterocycles. The van der Waals surface area contributed by atoms with Gasteiger partial charge in [-0.3, -0.25) is 4.79 Å². The van der Waals surface area contributed by atoms with Crippen molar-refractivity contribution >= 4 is 27.7 Å². The predicted octanol–water partition coefficient (Wildman–Crippen LogP) is 1.86. The predicted molar refractivity (Wildman–Crippen MR) is 62.4 cm³/mol. The number of rotatable bonds is 3. The molecule has 0 N–H and O–H groups in total. The van der Waals surface area contributed by atoms with Crippen LogP contribution < -0.4 is 0 Å². The number of carbonyl (C=O) groups is 1. The third-order valence-corrected chi connectivity index (χ3v) is 3.13. The number of nitrogens with zero attached hydrogens (tertiary/aromatic N) is 3. The van der Waals surface area contributed by atoms with Crippen LogP contribution in [-0.4, -0.2) is 22.5 Å². The average molecular weight is 247 g/mol. The zero-order valence-electron chi connectivity index (χ0n) is 9.08. The maximum absolute atomic E-state index is 11.6. The quantitative estimate of drug-likeness (QED) is 0.774. The Kier molecular flexibility index (Phi) is 3.30. The van der Waals surface area contributed by atoms with Gasteiger partial charge in [0.1, 0.15) is 15.4 Å². The van der Waals surface area contributed by atoms with Crippen molar-refractivity contribution in [3.8, 4) is 6.07 Å². The molecule has 0 amide bonds. The lowest BCUT2D eigenvalue weighted by Crippen LogP contribution is -2.14. The van der Waals surface area contributed by atoms with Gasteiger partial charge in [0.15, 0.2) is 5.92 Å². The maximum atomic E-state index is 11.6. The smallest absolute Gasteiger partial charge is 0.330 e. The summed E-state index contributed by atoms with van der Waals surface area (Å²) in [5, 5.41) is 9.43. The fourth-order valence-corrected chi connectivity index (χ4v) is 2.29. The zero-order chi connectivity index (χ0) is 12.3. The summed E-state index contributed by atoms with van der Waals surface area (Å²) in [6.45, 7) is 1.95. The number of nitriles is 1. The molecule has 1 unspecified atom stereocenters. The number of fused-ring (bicyclic) bond motifs is 1. The van der Waals surface area contributed by atoms with Crippen LogP contribution in [0.4, 0.5) is 0 Å². The molecule has 1 atom stereocenters. The first-order valence-electron chi connectivity index (χ1n) is 5.04. The van der Waals surface area contributed by atoms with Crippen LogP contribution in [-0.2, 0) is 9.53 Å². The third kappa shape index (κ3) is 2.24. The van der Waals surface area contributed by atoms with Gasteiger partial charge in [0.05, 0.1) is 12.7 Å². The first-order chi connectivity index (χ1) is 8.26. The van der Waals surface area contributed by atoms with E-state index in [2.05, 4.69) is 9.97 Å². The van der Waals surface area contributed by atoms with Crippen molar-refractivity contribution in [2.75, 3.05) is 6.61 Å². The first-order valence-corrected chi connectivity index (χ1v) is 5.85. The van der Waals surface area contributed by atoms with Gasteiger partial charge in [-0.1, -0.05) is 11.3 Å². The molecule has 5 nitrogen and oxygen atoms in total. The molecule has 0 fully saturated rings. The Morgan fingerprint density at radius 1 is 1.71 bits per heavy atom. The molecule has 2 aromatic rings. The highest BCUT2D eigenvalue weighted by molar-refractivity contribution is 7.18. The van der Waals surface area contributed by atoms with Crippen molar-refractivity contribution in [2.24, 2.45) is 0 Å². The minimum absolute atomic E-state index is 0.250. The minimum atomic E-state index is -0.964. The van der Waals surface area contributed by atoms with Crippen molar-refractivity contribution in [2.45, 2.75) is 12.8 Å². The lowest BCUT2D eigenvalue weighted by Gasteiger charge is -2.03. The minimum Gasteiger partial charge on any atom is -0.465 e. The van der Waals surface area contributed by atoms with Crippen LogP contribution in [0.25, 0.3) is 10.3 Å². The number of thiazole rings is 1. The van der Waals surface area contributed by atoms with Gasteiger partial charge in [0.2, 0.25) is 0 Å². The molecule has 2 rings (SSSR count). The number of hydrogen-bond donors (Lipinski definition) is 0. The standard InChI is InChI=1S/C11H9N3O2S/c1-2-16-11(15)7(6-12)9-14-8-4-3-5-13-10(8)17-9/h3-5,7H,2H2,1H3. The fourth-order valence-electron chi connectivity index (χ4n) is 1.34. The van der Waals surface area contributed by atoms with E-state index in [1.54, 1.807) is 25.3 Å². The Labute approximate surface area is 102 Å². The van der Waals surface area contributed by atoms with Crippen LogP contribution in [0.5, 0.6) is 0 Å². The van der Waals surface area contributed by atoms with E-state index >= 15 is 0 Å². The summed E-state index contributed by atoms with van der Waals surface area (Å²) in [5.74, 6) is -1.52. The Bertz CT molecular complexity index is 555. The molecule has 86 valence electrons. The summed E-state index contributed by atoms with van der Waals surface area (Å²) in [7, 11) is 0. The number of ether oxygens (including phenoxy) is 1. The highest BCUT2D eigenvalue weighted by Crippen LogP contribution is 2.26. The molecule has 0 radical (unpaired) electrons. The van der Waals surface area contributed by atoms with Gasteiger partial charge in [-0.15, -0.1) is 0 Å². The van der Waals surface area contributed by atoms with Gasteiger partial charge in [-0.2, -0.15) is 5.26 Å². The molecule has 6 heteroatoms. The highest BCUT2D eigenvalue weighted by Gasteiger charge is 2.25. The summed E-state index contributed by atoms with van der Waals surface area (Å²) in [5.41, 5.74) is 0.692. The zero-order valence-corrected chi connectivity index (χ0v) is 9.90. The fraction of sp³-hybridized carbons (Fsp3) is 0.273. The largest absolute Gasteiger partial charge is 0.465 e. The molecule has 0 aliphatic carbocycles. The van der Waals surface area contributed by atoms with Crippen LogP contribution >= 0.6 is 11.3 Å². The normalized spacial score (nSPS) is 12.0. The van der Waals surface area contributed by atoms with Crippen LogP contribution in [0.1, 0.15) is 17.8 Å². The van der Waals surface area contributed by atoms with Gasteiger partial charge < -0.3 is 4.74 Å². The highest BCUT2D eigenvalue weighted by atomic mass is 32.1. The monoisotopic (exact) mass is 247 g/mol. The molecular formula is C11H9N3O2S. The van der Waals surface area contributed by atoms with E-state index in [9.17, 15) is 4.79 Å². The Hall–Kier alpha value is -2.00. The van der Waals surface area contributed by atoms with E-state index in [0.29, 0.717) is 15.4 Å². The molecule has 0 aromatic carbocycles. The second-order valence-corrected chi connectivity index (χ2v) is 4.20. The van der Waals surface area contributed by atoms with Gasteiger partial charge in [-0.25, -0.2) is 9.97 Å². The van der Waals surface area contributed by atoms with Gasteiger partial charge in [0, 0.05) is 6.20 Å². The topological polar surface area (TPSA) is 75.9 Å². The molecule has 2 heterocycles. The summed E-state index contributed by atoms with van der Waals surface area (Å²) >= 11 is 1.24. The van der Waals surface area contributed by atoms with E-state index < -0.39 is 11.9 Å². The van der Waals surface area contributed by atoms with E-state index in [4.69, 9.17) is 10.00 Å². The summed E-state index contributed by atoms with van der Waals surface area (Å²) < 4.78 is 4.83. The van der Waals surface area contributed by atoms with Crippen LogP contribution in [0.3, 0.4) is 0 Å². The first kappa shape index (κ1) is 11.5. The summed E-state index contributed by atoms with van der Waals surface area (Å²) in [6, 6.07) is 5.46. The average Bonchev–Trinajstić information content (AvgIpc) is 2.73. The van der Waals surface area contributed by atoms with E-state index in [0.717, 1.165) is 0 Å². The van der Waals surface area contributed by atoms with E-state index in [1.165, 1.54) is 11.3 Å². The van der Waals surface area contributed by atoms with E-state index in [1.807, 2.05) is 6.07 Å². The second kappa shape index (κ2) is 4.89. The lowest BCUT2D eigenvalue weighted by atomic mass is 10.2. The van der Waals surface area contributed by atoms with Crippen molar-refractivity contribution in [1.82, 2.24) is 9.97 Å². The molecule has 0 aliphatic heterocycles. The van der Waals surface area contributed by atoms with Crippen LogP contribution in [0.15, 0.2) is 18.3 Å². The number of pyridine rings is 1. The van der Waals surface area contributed by atoms with Crippen molar-refractivity contribution < 1.29 is 9.53 Å². The van der Waals surface area contributed by atoms with Gasteiger partial charge in [-0.05, 0) is 19.1 Å². The molecule has 2 aromatic heterocycles. The van der Waals surface area contributed by atoms with Crippen LogP contribution in [0, 0.1) is 11.3 Å². The molecule has 0 aliphatic rings. The third-order valence-electron chi connectivity index (χ3n) is 2.08. The molecule has 17 heavy (non-hydrogen) atoms. The number of aromatic nitrogens is 2. The van der Waals surface area contributed by atoms with Gasteiger partial charge >= 0.3 is 5.97 Å². The van der Waals surface area contributed by atoms with Crippen LogP contribution in [0.2, 0.25) is 0 Å². The number of hydrogen-bond acceptors (Lipinski definition) is 6. The second-order valence-electron chi connectivity index (χ2n) is 3.19. The maximum Gasteiger partial charge on any atom is 0.330 e. The number of carbonyl (C=O) groups excluding carboxylic acids is 1. The number of esters is 1. The summed E-state index contributed by atoms with van der Waals surface area (Å²) in [6.07, 6.45) is 1.65. The molecule has 0 bridgehead atoms. The SMILES string of the molecule is CCOC(=O)C(C#N)c1nc2cccnc2s1. The molecule has 0 spiro atoms. The Balaban J connectivity index is 2.37. The van der Waals surface area contributed by atoms with E-state index in [-0.39, 0.29) is 6.61 Å². The molecular weight excluding hydrogens is 238 g/mol. The van der Waals surface area contributed by atoms with Crippen molar-refractivity contribution in [3.63, 3.8) is 0 Å². The lowest BCUT2D eigenvalue weighted by molar-refractivity contribution is -0.143. The Morgan fingerprint density at radius 3 is 3.18 bits per heavy atom. The Morgan fingerprint density at radius 2 is 2.53 bits per heavy atom. The van der Waals surface area contributed by atoms with Crippen molar-refractivity contribution in [3.05, 3.63) is 23.3 Å².